The third kappa shape index (κ3) is 2.76. The van der Waals surface area contributed by atoms with Crippen LogP contribution in [0.1, 0.15) is 20.9 Å². The molecule has 1 aromatic heterocycles. The van der Waals surface area contributed by atoms with Gasteiger partial charge in [0.15, 0.2) is 0 Å². The molecule has 0 atom stereocenters. The van der Waals surface area contributed by atoms with Crippen molar-refractivity contribution >= 4 is 40.8 Å². The largest absolute Gasteiger partial charge is 0.319 e. The summed E-state index contributed by atoms with van der Waals surface area (Å²) >= 11 is 3.20. The predicted molar refractivity (Wildman–Crippen MR) is 88.1 cm³/mol. The lowest BCUT2D eigenvalue weighted by Gasteiger charge is -2.14. The van der Waals surface area contributed by atoms with Crippen LogP contribution in [-0.2, 0) is 10.5 Å². The highest BCUT2D eigenvalue weighted by molar-refractivity contribution is 8.03. The lowest BCUT2D eigenvalue weighted by molar-refractivity contribution is -0.112. The number of hydrogen-bond acceptors (Lipinski definition) is 3. The van der Waals surface area contributed by atoms with E-state index in [0.717, 1.165) is 10.6 Å². The quantitative estimate of drug-likeness (QED) is 0.867. The Hall–Kier alpha value is -1.59. The lowest BCUT2D eigenvalue weighted by atomic mass is 10.1. The number of para-hydroxylation sites is 1. The van der Waals surface area contributed by atoms with Crippen molar-refractivity contribution in [2.45, 2.75) is 19.6 Å². The van der Waals surface area contributed by atoms with E-state index in [1.54, 1.807) is 29.5 Å². The molecule has 0 aliphatic carbocycles. The summed E-state index contributed by atoms with van der Waals surface area (Å²) in [5, 5.41) is 2.63. The van der Waals surface area contributed by atoms with Gasteiger partial charge in [0.1, 0.15) is 5.82 Å². The molecular formula is C16H14FNOS2. The zero-order valence-electron chi connectivity index (χ0n) is 11.7. The molecule has 0 unspecified atom stereocenters. The van der Waals surface area contributed by atoms with Gasteiger partial charge in [-0.05, 0) is 43.2 Å². The molecule has 2 aromatic rings. The summed E-state index contributed by atoms with van der Waals surface area (Å²) in [4.78, 5) is 15.3. The van der Waals surface area contributed by atoms with E-state index >= 15 is 0 Å². The van der Waals surface area contributed by atoms with Crippen LogP contribution in [-0.4, -0.2) is 5.91 Å². The SMILES string of the molecule is Cc1sc2c(c1C)CSC(C(=O)Nc1ccccc1F)=C2. The van der Waals surface area contributed by atoms with Crippen LogP contribution in [0.15, 0.2) is 29.2 Å². The molecule has 1 N–H and O–H groups in total. The van der Waals surface area contributed by atoms with E-state index < -0.39 is 5.82 Å². The van der Waals surface area contributed by atoms with E-state index in [-0.39, 0.29) is 11.6 Å². The Balaban J connectivity index is 1.85. The van der Waals surface area contributed by atoms with Crippen molar-refractivity contribution < 1.29 is 9.18 Å². The third-order valence-electron chi connectivity index (χ3n) is 3.52. The second-order valence-corrected chi connectivity index (χ2v) is 7.13. The Labute approximate surface area is 131 Å². The van der Waals surface area contributed by atoms with Crippen LogP contribution in [0.2, 0.25) is 0 Å². The van der Waals surface area contributed by atoms with Gasteiger partial charge in [-0.15, -0.1) is 23.1 Å². The highest BCUT2D eigenvalue weighted by atomic mass is 32.2. The molecule has 0 saturated carbocycles. The van der Waals surface area contributed by atoms with Crippen LogP contribution in [0.4, 0.5) is 10.1 Å². The van der Waals surface area contributed by atoms with Crippen LogP contribution in [0.25, 0.3) is 6.08 Å². The van der Waals surface area contributed by atoms with Crippen molar-refractivity contribution in [2.75, 3.05) is 5.32 Å². The molecule has 0 fully saturated rings. The van der Waals surface area contributed by atoms with Crippen LogP contribution < -0.4 is 5.32 Å². The maximum absolute atomic E-state index is 13.6. The van der Waals surface area contributed by atoms with Crippen molar-refractivity contribution in [1.29, 1.82) is 0 Å². The Kier molecular flexibility index (Phi) is 3.87. The van der Waals surface area contributed by atoms with Gasteiger partial charge in [-0.25, -0.2) is 4.39 Å². The lowest BCUT2D eigenvalue weighted by Crippen LogP contribution is -2.15. The van der Waals surface area contributed by atoms with Gasteiger partial charge < -0.3 is 5.32 Å². The number of anilines is 1. The van der Waals surface area contributed by atoms with Gasteiger partial charge in [0.2, 0.25) is 0 Å². The summed E-state index contributed by atoms with van der Waals surface area (Å²) < 4.78 is 13.6. The maximum Gasteiger partial charge on any atom is 0.262 e. The molecule has 1 aliphatic heterocycles. The minimum absolute atomic E-state index is 0.216. The van der Waals surface area contributed by atoms with E-state index in [2.05, 4.69) is 19.2 Å². The maximum atomic E-state index is 13.6. The number of benzene rings is 1. The Morgan fingerprint density at radius 2 is 2.05 bits per heavy atom. The number of aryl methyl sites for hydroxylation is 1. The fraction of sp³-hybridized carbons (Fsp3) is 0.188. The topological polar surface area (TPSA) is 29.1 Å². The molecule has 5 heteroatoms. The average molecular weight is 319 g/mol. The van der Waals surface area contributed by atoms with Crippen LogP contribution in [0, 0.1) is 19.7 Å². The fourth-order valence-corrected chi connectivity index (χ4v) is 4.54. The number of carbonyl (C=O) groups excluding carboxylic acids is 1. The molecule has 0 bridgehead atoms. The minimum Gasteiger partial charge on any atom is -0.319 e. The molecule has 0 saturated heterocycles. The predicted octanol–water partition coefficient (Wildman–Crippen LogP) is 4.73. The first-order valence-corrected chi connectivity index (χ1v) is 8.35. The molecule has 3 rings (SSSR count). The Bertz CT molecular complexity index is 749. The van der Waals surface area contributed by atoms with E-state index in [1.807, 2.05) is 6.08 Å². The molecule has 2 heterocycles. The Morgan fingerprint density at radius 1 is 1.29 bits per heavy atom. The number of thiophene rings is 1. The normalized spacial score (nSPS) is 13.6. The van der Waals surface area contributed by atoms with Crippen molar-refractivity contribution in [3.05, 3.63) is 55.9 Å². The van der Waals surface area contributed by atoms with Gasteiger partial charge in [-0.2, -0.15) is 0 Å². The first kappa shape index (κ1) is 14.4. The van der Waals surface area contributed by atoms with Crippen molar-refractivity contribution in [3.63, 3.8) is 0 Å². The van der Waals surface area contributed by atoms with Gasteiger partial charge in [-0.1, -0.05) is 12.1 Å². The zero-order valence-corrected chi connectivity index (χ0v) is 13.3. The van der Waals surface area contributed by atoms with Gasteiger partial charge in [0.25, 0.3) is 5.91 Å². The van der Waals surface area contributed by atoms with Gasteiger partial charge >= 0.3 is 0 Å². The smallest absolute Gasteiger partial charge is 0.262 e. The van der Waals surface area contributed by atoms with Crippen LogP contribution in [0.5, 0.6) is 0 Å². The summed E-state index contributed by atoms with van der Waals surface area (Å²) in [5.74, 6) is 0.123. The summed E-state index contributed by atoms with van der Waals surface area (Å²) in [5.41, 5.74) is 2.84. The summed E-state index contributed by atoms with van der Waals surface area (Å²) in [7, 11) is 0. The van der Waals surface area contributed by atoms with E-state index in [0.29, 0.717) is 4.91 Å². The first-order chi connectivity index (χ1) is 10.1. The summed E-state index contributed by atoms with van der Waals surface area (Å²) in [6.45, 7) is 4.21. The number of thioether (sulfide) groups is 1. The van der Waals surface area contributed by atoms with Crippen molar-refractivity contribution in [2.24, 2.45) is 0 Å². The van der Waals surface area contributed by atoms with E-state index in [9.17, 15) is 9.18 Å². The minimum atomic E-state index is -0.421. The number of carbonyl (C=O) groups is 1. The van der Waals surface area contributed by atoms with Gasteiger partial charge in [-0.3, -0.25) is 4.79 Å². The number of hydrogen-bond donors (Lipinski definition) is 1. The molecule has 2 nitrogen and oxygen atoms in total. The fourth-order valence-electron chi connectivity index (χ4n) is 2.18. The number of nitrogens with one attached hydrogen (secondary N) is 1. The molecular weight excluding hydrogens is 305 g/mol. The molecule has 1 aliphatic rings. The van der Waals surface area contributed by atoms with Crippen LogP contribution in [0.3, 0.4) is 0 Å². The number of rotatable bonds is 2. The van der Waals surface area contributed by atoms with Gasteiger partial charge in [0, 0.05) is 15.5 Å². The second kappa shape index (κ2) is 5.66. The van der Waals surface area contributed by atoms with Crippen molar-refractivity contribution in [1.82, 2.24) is 0 Å². The molecule has 1 amide bonds. The zero-order chi connectivity index (χ0) is 15.0. The number of amides is 1. The molecule has 1 aromatic carbocycles. The van der Waals surface area contributed by atoms with Gasteiger partial charge in [0.05, 0.1) is 10.6 Å². The van der Waals surface area contributed by atoms with E-state index in [1.165, 1.54) is 33.8 Å². The second-order valence-electron chi connectivity index (χ2n) is 4.86. The third-order valence-corrected chi connectivity index (χ3v) is 5.77. The highest BCUT2D eigenvalue weighted by Gasteiger charge is 2.21. The standard InChI is InChI=1S/C16H14FNOS2/c1-9-10(2)21-14-7-15(20-8-11(9)14)16(19)18-13-6-4-3-5-12(13)17/h3-7H,8H2,1-2H3,(H,18,19). The average Bonchev–Trinajstić information content (AvgIpc) is 2.76. The Morgan fingerprint density at radius 3 is 2.81 bits per heavy atom. The first-order valence-electron chi connectivity index (χ1n) is 6.55. The highest BCUT2D eigenvalue weighted by Crippen LogP contribution is 2.39. The summed E-state index contributed by atoms with van der Waals surface area (Å²) in [6.07, 6.45) is 1.91. The molecule has 0 spiro atoms. The van der Waals surface area contributed by atoms with Crippen LogP contribution >= 0.6 is 23.1 Å². The van der Waals surface area contributed by atoms with E-state index in [4.69, 9.17) is 0 Å². The number of halogens is 1. The monoisotopic (exact) mass is 319 g/mol. The molecule has 108 valence electrons. The molecule has 21 heavy (non-hydrogen) atoms. The molecule has 0 radical (unpaired) electrons. The number of fused-ring (bicyclic) bond motifs is 1. The summed E-state index contributed by atoms with van der Waals surface area (Å²) in [6, 6.07) is 6.20. The van der Waals surface area contributed by atoms with Crippen molar-refractivity contribution in [3.8, 4) is 0 Å².